The summed E-state index contributed by atoms with van der Waals surface area (Å²) in [5.41, 5.74) is 6.49. The first-order chi connectivity index (χ1) is 5.90. The summed E-state index contributed by atoms with van der Waals surface area (Å²) >= 11 is 0. The van der Waals surface area contributed by atoms with Gasteiger partial charge in [-0.25, -0.2) is 4.98 Å². The molecule has 0 aromatic carbocycles. The van der Waals surface area contributed by atoms with Crippen LogP contribution in [-0.4, -0.2) is 23.1 Å². The van der Waals surface area contributed by atoms with Gasteiger partial charge in [-0.15, -0.1) is 0 Å². The van der Waals surface area contributed by atoms with Crippen LogP contribution in [0.2, 0.25) is 0 Å². The minimum absolute atomic E-state index is 0.582. The maximum absolute atomic E-state index is 5.38. The number of rotatable bonds is 2. The Hall–Kier alpha value is -1.16. The summed E-state index contributed by atoms with van der Waals surface area (Å²) in [6.07, 6.45) is 3.48. The normalized spacial score (nSPS) is 14.1. The summed E-state index contributed by atoms with van der Waals surface area (Å²) in [6, 6.07) is 0. The van der Waals surface area contributed by atoms with Gasteiger partial charge in [0.15, 0.2) is 0 Å². The molecule has 4 heteroatoms. The molecule has 0 radical (unpaired) electrons. The fourth-order valence-corrected chi connectivity index (χ4v) is 1.23. The SMILES string of the molecule is NCCc1ncc2c(n1)OCC2. The second kappa shape index (κ2) is 3.06. The van der Waals surface area contributed by atoms with Gasteiger partial charge in [0.1, 0.15) is 5.82 Å². The average Bonchev–Trinajstić information content (AvgIpc) is 2.51. The molecule has 0 unspecified atom stereocenters. The molecule has 0 aliphatic carbocycles. The quantitative estimate of drug-likeness (QED) is 0.665. The predicted molar refractivity (Wildman–Crippen MR) is 44.0 cm³/mol. The average molecular weight is 165 g/mol. The zero-order valence-corrected chi connectivity index (χ0v) is 6.79. The molecule has 2 N–H and O–H groups in total. The number of nitrogens with two attached hydrogens (primary N) is 1. The highest BCUT2D eigenvalue weighted by Crippen LogP contribution is 2.20. The lowest BCUT2D eigenvalue weighted by molar-refractivity contribution is 0.343. The Kier molecular flexibility index (Phi) is 1.91. The molecule has 1 aromatic heterocycles. The Bertz CT molecular complexity index is 288. The molecule has 1 aliphatic rings. The zero-order valence-electron chi connectivity index (χ0n) is 6.79. The number of nitrogens with zero attached hydrogens (tertiary/aromatic N) is 2. The molecule has 2 heterocycles. The van der Waals surface area contributed by atoms with E-state index in [0.717, 1.165) is 36.7 Å². The van der Waals surface area contributed by atoms with Crippen LogP contribution in [0.25, 0.3) is 0 Å². The minimum Gasteiger partial charge on any atom is -0.477 e. The predicted octanol–water partition coefficient (Wildman–Crippen LogP) is -0.0873. The van der Waals surface area contributed by atoms with Crippen LogP contribution < -0.4 is 10.5 Å². The van der Waals surface area contributed by atoms with E-state index in [0.29, 0.717) is 6.54 Å². The molecular formula is C8H11N3O. The first-order valence-electron chi connectivity index (χ1n) is 4.08. The third kappa shape index (κ3) is 1.25. The molecule has 4 nitrogen and oxygen atoms in total. The van der Waals surface area contributed by atoms with E-state index >= 15 is 0 Å². The van der Waals surface area contributed by atoms with Crippen molar-refractivity contribution >= 4 is 0 Å². The molecule has 0 amide bonds. The van der Waals surface area contributed by atoms with Crippen molar-refractivity contribution in [2.24, 2.45) is 5.73 Å². The van der Waals surface area contributed by atoms with Gasteiger partial charge in [-0.3, -0.25) is 0 Å². The molecule has 0 atom stereocenters. The van der Waals surface area contributed by atoms with Gasteiger partial charge in [-0.1, -0.05) is 0 Å². The van der Waals surface area contributed by atoms with E-state index in [1.165, 1.54) is 0 Å². The first kappa shape index (κ1) is 7.49. The number of hydrogen-bond donors (Lipinski definition) is 1. The number of aromatic nitrogens is 2. The van der Waals surface area contributed by atoms with E-state index < -0.39 is 0 Å². The van der Waals surface area contributed by atoms with Crippen molar-refractivity contribution in [2.75, 3.05) is 13.2 Å². The van der Waals surface area contributed by atoms with Crippen LogP contribution in [0.5, 0.6) is 5.88 Å². The second-order valence-electron chi connectivity index (χ2n) is 2.75. The van der Waals surface area contributed by atoms with E-state index in [2.05, 4.69) is 9.97 Å². The van der Waals surface area contributed by atoms with Crippen LogP contribution in [-0.2, 0) is 12.8 Å². The van der Waals surface area contributed by atoms with Crippen LogP contribution in [0.1, 0.15) is 11.4 Å². The molecule has 0 spiro atoms. The van der Waals surface area contributed by atoms with E-state index in [9.17, 15) is 0 Å². The molecule has 12 heavy (non-hydrogen) atoms. The third-order valence-electron chi connectivity index (χ3n) is 1.85. The Balaban J connectivity index is 2.26. The molecule has 64 valence electrons. The van der Waals surface area contributed by atoms with E-state index in [1.807, 2.05) is 6.20 Å². The standard InChI is InChI=1S/C8H11N3O/c9-3-1-7-10-5-6-2-4-12-8(6)11-7/h5H,1-4,9H2. The second-order valence-corrected chi connectivity index (χ2v) is 2.75. The van der Waals surface area contributed by atoms with Gasteiger partial charge in [-0.05, 0) is 6.54 Å². The maximum Gasteiger partial charge on any atom is 0.220 e. The number of ether oxygens (including phenoxy) is 1. The smallest absolute Gasteiger partial charge is 0.220 e. The highest BCUT2D eigenvalue weighted by molar-refractivity contribution is 5.27. The monoisotopic (exact) mass is 165 g/mol. The van der Waals surface area contributed by atoms with E-state index in [1.54, 1.807) is 0 Å². The molecule has 0 bridgehead atoms. The lowest BCUT2D eigenvalue weighted by atomic mass is 10.3. The number of hydrogen-bond acceptors (Lipinski definition) is 4. The molecule has 0 saturated heterocycles. The molecular weight excluding hydrogens is 154 g/mol. The van der Waals surface area contributed by atoms with Gasteiger partial charge in [-0.2, -0.15) is 4.98 Å². The van der Waals surface area contributed by atoms with Crippen LogP contribution in [0, 0.1) is 0 Å². The van der Waals surface area contributed by atoms with Gasteiger partial charge in [0.25, 0.3) is 0 Å². The summed E-state index contributed by atoms with van der Waals surface area (Å²) in [7, 11) is 0. The van der Waals surface area contributed by atoms with Gasteiger partial charge < -0.3 is 10.5 Å². The highest BCUT2D eigenvalue weighted by atomic mass is 16.5. The zero-order chi connectivity index (χ0) is 8.39. The van der Waals surface area contributed by atoms with Crippen LogP contribution in [0.15, 0.2) is 6.20 Å². The fraction of sp³-hybridized carbons (Fsp3) is 0.500. The Morgan fingerprint density at radius 3 is 3.33 bits per heavy atom. The van der Waals surface area contributed by atoms with Crippen molar-refractivity contribution in [3.05, 3.63) is 17.6 Å². The largest absolute Gasteiger partial charge is 0.477 e. The topological polar surface area (TPSA) is 61.0 Å². The van der Waals surface area contributed by atoms with Crippen molar-refractivity contribution in [2.45, 2.75) is 12.8 Å². The molecule has 1 aromatic rings. The van der Waals surface area contributed by atoms with Crippen LogP contribution >= 0.6 is 0 Å². The Labute approximate surface area is 70.8 Å². The summed E-state index contributed by atoms with van der Waals surface area (Å²) in [4.78, 5) is 8.40. The summed E-state index contributed by atoms with van der Waals surface area (Å²) < 4.78 is 5.29. The van der Waals surface area contributed by atoms with Crippen molar-refractivity contribution in [1.29, 1.82) is 0 Å². The van der Waals surface area contributed by atoms with Gasteiger partial charge in [0.2, 0.25) is 5.88 Å². The highest BCUT2D eigenvalue weighted by Gasteiger charge is 2.14. The Morgan fingerprint density at radius 2 is 2.50 bits per heavy atom. The lowest BCUT2D eigenvalue weighted by Gasteiger charge is -1.99. The molecule has 1 aliphatic heterocycles. The molecule has 2 rings (SSSR count). The summed E-state index contributed by atoms with van der Waals surface area (Å²) in [6.45, 7) is 1.31. The lowest BCUT2D eigenvalue weighted by Crippen LogP contribution is -2.06. The molecule has 0 saturated carbocycles. The Morgan fingerprint density at radius 1 is 1.58 bits per heavy atom. The maximum atomic E-state index is 5.38. The van der Waals surface area contributed by atoms with E-state index in [4.69, 9.17) is 10.5 Å². The van der Waals surface area contributed by atoms with Gasteiger partial charge >= 0.3 is 0 Å². The van der Waals surface area contributed by atoms with Crippen molar-refractivity contribution in [3.63, 3.8) is 0 Å². The van der Waals surface area contributed by atoms with Crippen LogP contribution in [0.3, 0.4) is 0 Å². The van der Waals surface area contributed by atoms with Crippen molar-refractivity contribution < 1.29 is 4.74 Å². The first-order valence-corrected chi connectivity index (χ1v) is 4.08. The fourth-order valence-electron chi connectivity index (χ4n) is 1.23. The summed E-state index contributed by atoms with van der Waals surface area (Å²) in [5.74, 6) is 1.52. The third-order valence-corrected chi connectivity index (χ3v) is 1.85. The number of fused-ring (bicyclic) bond motifs is 1. The minimum atomic E-state index is 0.582. The van der Waals surface area contributed by atoms with Gasteiger partial charge in [0.05, 0.1) is 6.61 Å². The van der Waals surface area contributed by atoms with E-state index in [-0.39, 0.29) is 0 Å². The van der Waals surface area contributed by atoms with Crippen LogP contribution in [0.4, 0.5) is 0 Å². The van der Waals surface area contributed by atoms with Crippen molar-refractivity contribution in [3.8, 4) is 5.88 Å². The molecule has 0 fully saturated rings. The summed E-state index contributed by atoms with van der Waals surface area (Å²) in [5, 5.41) is 0. The van der Waals surface area contributed by atoms with Crippen molar-refractivity contribution in [1.82, 2.24) is 9.97 Å². The van der Waals surface area contributed by atoms with Gasteiger partial charge in [0, 0.05) is 24.6 Å².